The predicted octanol–water partition coefficient (Wildman–Crippen LogP) is 1.69. The molecule has 2 rings (SSSR count). The molecule has 1 heterocycles. The van der Waals surface area contributed by atoms with Crippen molar-refractivity contribution in [2.45, 2.75) is 19.8 Å². The van der Waals surface area contributed by atoms with E-state index in [4.69, 9.17) is 11.6 Å². The van der Waals surface area contributed by atoms with E-state index in [1.807, 2.05) is 6.07 Å². The molecule has 2 amide bonds. The van der Waals surface area contributed by atoms with Crippen molar-refractivity contribution in [3.63, 3.8) is 0 Å². The van der Waals surface area contributed by atoms with E-state index in [1.165, 1.54) is 6.21 Å². The molecule has 1 atom stereocenters. The van der Waals surface area contributed by atoms with Crippen molar-refractivity contribution >= 4 is 35.3 Å². The Bertz CT molecular complexity index is 613. The van der Waals surface area contributed by atoms with Crippen LogP contribution in [0.25, 0.3) is 0 Å². The van der Waals surface area contributed by atoms with E-state index < -0.39 is 0 Å². The molecule has 0 unspecified atom stereocenters. The van der Waals surface area contributed by atoms with Crippen LogP contribution in [0.2, 0.25) is 5.02 Å². The van der Waals surface area contributed by atoms with Crippen molar-refractivity contribution in [1.29, 1.82) is 0 Å². The zero-order valence-corrected chi connectivity index (χ0v) is 12.2. The van der Waals surface area contributed by atoms with E-state index in [-0.39, 0.29) is 24.2 Å². The van der Waals surface area contributed by atoms with Crippen LogP contribution in [0.15, 0.2) is 34.5 Å². The monoisotopic (exact) mass is 306 g/mol. The van der Waals surface area contributed by atoms with Gasteiger partial charge in [0.15, 0.2) is 0 Å². The maximum absolute atomic E-state index is 11.6. The Morgan fingerprint density at radius 2 is 2.38 bits per heavy atom. The SMILES string of the molecule is CC1=NNC(=O)[C@@H]1CCC(=O)N/N=C\c1cccc(Cl)c1. The Kier molecular flexibility index (Phi) is 5.05. The highest BCUT2D eigenvalue weighted by atomic mass is 35.5. The Labute approximate surface area is 127 Å². The van der Waals surface area contributed by atoms with Crippen LogP contribution in [0.1, 0.15) is 25.3 Å². The third-order valence-electron chi connectivity index (χ3n) is 3.07. The van der Waals surface area contributed by atoms with E-state index in [0.29, 0.717) is 17.2 Å². The fraction of sp³-hybridized carbons (Fsp3) is 0.286. The van der Waals surface area contributed by atoms with Gasteiger partial charge in [-0.1, -0.05) is 23.7 Å². The maximum atomic E-state index is 11.6. The molecule has 2 N–H and O–H groups in total. The molecule has 0 radical (unpaired) electrons. The summed E-state index contributed by atoms with van der Waals surface area (Å²) in [4.78, 5) is 23.1. The van der Waals surface area contributed by atoms with Gasteiger partial charge in [-0.05, 0) is 31.0 Å². The average Bonchev–Trinajstić information content (AvgIpc) is 2.76. The first-order valence-electron chi connectivity index (χ1n) is 6.48. The van der Waals surface area contributed by atoms with Gasteiger partial charge in [0.1, 0.15) is 0 Å². The highest BCUT2D eigenvalue weighted by Crippen LogP contribution is 2.13. The molecule has 1 aliphatic rings. The Morgan fingerprint density at radius 1 is 1.57 bits per heavy atom. The van der Waals surface area contributed by atoms with Gasteiger partial charge in [-0.15, -0.1) is 0 Å². The fourth-order valence-electron chi connectivity index (χ4n) is 1.93. The summed E-state index contributed by atoms with van der Waals surface area (Å²) in [7, 11) is 0. The first kappa shape index (κ1) is 15.2. The third kappa shape index (κ3) is 4.39. The number of halogens is 1. The molecule has 0 saturated heterocycles. The average molecular weight is 307 g/mol. The van der Waals surface area contributed by atoms with Crippen molar-refractivity contribution in [2.24, 2.45) is 16.1 Å². The summed E-state index contributed by atoms with van der Waals surface area (Å²) < 4.78 is 0. The standard InChI is InChI=1S/C14H15ClN4O2/c1-9-12(14(21)19-17-9)5-6-13(20)18-16-8-10-3-2-4-11(15)7-10/h2-4,7-8,12H,5-6H2,1H3,(H,18,20)(H,19,21)/b16-8-/t12-/m1/s1. The van der Waals surface area contributed by atoms with Gasteiger partial charge in [-0.3, -0.25) is 9.59 Å². The van der Waals surface area contributed by atoms with Gasteiger partial charge in [0, 0.05) is 17.2 Å². The largest absolute Gasteiger partial charge is 0.273 e. The molecule has 7 heteroatoms. The molecule has 0 aliphatic carbocycles. The number of hydrogen-bond acceptors (Lipinski definition) is 4. The van der Waals surface area contributed by atoms with Crippen LogP contribution in [0.3, 0.4) is 0 Å². The molecule has 1 aromatic carbocycles. The number of hydrazone groups is 2. The van der Waals surface area contributed by atoms with Crippen LogP contribution in [0, 0.1) is 5.92 Å². The van der Waals surface area contributed by atoms with Crippen LogP contribution in [-0.4, -0.2) is 23.7 Å². The summed E-state index contributed by atoms with van der Waals surface area (Å²) in [5, 5.41) is 8.29. The molecule has 0 fully saturated rings. The Morgan fingerprint density at radius 3 is 3.05 bits per heavy atom. The lowest BCUT2D eigenvalue weighted by atomic mass is 9.99. The number of benzene rings is 1. The van der Waals surface area contributed by atoms with E-state index in [9.17, 15) is 9.59 Å². The van der Waals surface area contributed by atoms with Gasteiger partial charge in [0.25, 0.3) is 0 Å². The number of carbonyl (C=O) groups is 2. The lowest BCUT2D eigenvalue weighted by Gasteiger charge is -2.06. The number of hydrogen-bond donors (Lipinski definition) is 2. The molecule has 21 heavy (non-hydrogen) atoms. The number of rotatable bonds is 5. The molecule has 110 valence electrons. The molecular formula is C14H15ClN4O2. The van der Waals surface area contributed by atoms with Crippen molar-refractivity contribution in [3.05, 3.63) is 34.9 Å². The molecule has 1 aliphatic heterocycles. The first-order valence-corrected chi connectivity index (χ1v) is 6.85. The lowest BCUT2D eigenvalue weighted by Crippen LogP contribution is -2.25. The second-order valence-corrected chi connectivity index (χ2v) is 5.11. The summed E-state index contributed by atoms with van der Waals surface area (Å²) in [5.74, 6) is -0.740. The van der Waals surface area contributed by atoms with Gasteiger partial charge in [-0.2, -0.15) is 10.2 Å². The van der Waals surface area contributed by atoms with E-state index in [0.717, 1.165) is 5.56 Å². The minimum absolute atomic E-state index is 0.164. The molecule has 0 bridgehead atoms. The number of nitrogens with zero attached hydrogens (tertiary/aromatic N) is 2. The minimum Gasteiger partial charge on any atom is -0.273 e. The topological polar surface area (TPSA) is 82.9 Å². The number of carbonyl (C=O) groups excluding carboxylic acids is 2. The normalized spacial score (nSPS) is 17.7. The van der Waals surface area contributed by atoms with Crippen molar-refractivity contribution in [3.8, 4) is 0 Å². The van der Waals surface area contributed by atoms with Crippen LogP contribution >= 0.6 is 11.6 Å². The highest BCUT2D eigenvalue weighted by molar-refractivity contribution is 6.30. The first-order chi connectivity index (χ1) is 10.1. The van der Waals surface area contributed by atoms with Gasteiger partial charge in [-0.25, -0.2) is 10.9 Å². The Hall–Kier alpha value is -2.21. The van der Waals surface area contributed by atoms with Crippen LogP contribution in [0.5, 0.6) is 0 Å². The van der Waals surface area contributed by atoms with Crippen molar-refractivity contribution < 1.29 is 9.59 Å². The van der Waals surface area contributed by atoms with Crippen LogP contribution in [0.4, 0.5) is 0 Å². The van der Waals surface area contributed by atoms with E-state index in [1.54, 1.807) is 25.1 Å². The molecule has 1 aromatic rings. The smallest absolute Gasteiger partial charge is 0.248 e. The Balaban J connectivity index is 1.77. The highest BCUT2D eigenvalue weighted by Gasteiger charge is 2.26. The lowest BCUT2D eigenvalue weighted by molar-refractivity contribution is -0.123. The molecule has 6 nitrogen and oxygen atoms in total. The third-order valence-corrected chi connectivity index (χ3v) is 3.31. The summed E-state index contributed by atoms with van der Waals surface area (Å²) in [5.41, 5.74) is 6.30. The quantitative estimate of drug-likeness (QED) is 0.641. The molecular weight excluding hydrogens is 292 g/mol. The predicted molar refractivity (Wildman–Crippen MR) is 81.2 cm³/mol. The summed E-state index contributed by atoms with van der Waals surface area (Å²) in [6.45, 7) is 1.76. The van der Waals surface area contributed by atoms with Crippen molar-refractivity contribution in [1.82, 2.24) is 10.9 Å². The second kappa shape index (κ2) is 6.99. The molecule has 0 aromatic heterocycles. The number of amides is 2. The second-order valence-electron chi connectivity index (χ2n) is 4.67. The van der Waals surface area contributed by atoms with E-state index >= 15 is 0 Å². The zero-order valence-electron chi connectivity index (χ0n) is 11.5. The fourth-order valence-corrected chi connectivity index (χ4v) is 2.12. The van der Waals surface area contributed by atoms with Gasteiger partial charge in [0.05, 0.1) is 12.1 Å². The van der Waals surface area contributed by atoms with E-state index in [2.05, 4.69) is 21.1 Å². The van der Waals surface area contributed by atoms with Crippen LogP contribution < -0.4 is 10.9 Å². The zero-order chi connectivity index (χ0) is 15.2. The minimum atomic E-state index is -0.326. The van der Waals surface area contributed by atoms with Crippen molar-refractivity contribution in [2.75, 3.05) is 0 Å². The maximum Gasteiger partial charge on any atom is 0.248 e. The number of nitrogens with one attached hydrogen (secondary N) is 2. The van der Waals surface area contributed by atoms with Crippen LogP contribution in [-0.2, 0) is 9.59 Å². The van der Waals surface area contributed by atoms with Gasteiger partial charge >= 0.3 is 0 Å². The van der Waals surface area contributed by atoms with Gasteiger partial charge < -0.3 is 0 Å². The van der Waals surface area contributed by atoms with Gasteiger partial charge in [0.2, 0.25) is 11.8 Å². The molecule has 0 spiro atoms. The summed E-state index contributed by atoms with van der Waals surface area (Å²) >= 11 is 5.84. The summed E-state index contributed by atoms with van der Waals surface area (Å²) in [6.07, 6.45) is 2.14. The molecule has 0 saturated carbocycles. The summed E-state index contributed by atoms with van der Waals surface area (Å²) in [6, 6.07) is 7.12.